The highest BCUT2D eigenvalue weighted by molar-refractivity contribution is 4.92. The Morgan fingerprint density at radius 2 is 0.815 bits per heavy atom. The van der Waals surface area contributed by atoms with Gasteiger partial charge >= 0.3 is 0 Å². The summed E-state index contributed by atoms with van der Waals surface area (Å²) in [7, 11) is 0. The van der Waals surface area contributed by atoms with E-state index in [0.29, 0.717) is 0 Å². The molecule has 0 radical (unpaired) electrons. The standard InChI is InChI=1S/C13H25N.C12H23N/c1-12(2)14-10-6-9-13(11-14)7-4-3-5-8-13;1-11(2)13-9-5-8-12(10-13)6-3-4-7-12/h12H,3-11H2,1-2H3;11H,3-10H2,1-2H3. The normalized spacial score (nSPS) is 28.7. The van der Waals surface area contributed by atoms with Crippen molar-refractivity contribution >= 4 is 0 Å². The molecule has 0 unspecified atom stereocenters. The first-order valence-electron chi connectivity index (χ1n) is 12.4. The summed E-state index contributed by atoms with van der Waals surface area (Å²) < 4.78 is 0. The summed E-state index contributed by atoms with van der Waals surface area (Å²) in [6.07, 6.45) is 19.4. The lowest BCUT2D eigenvalue weighted by Crippen LogP contribution is -2.47. The lowest BCUT2D eigenvalue weighted by molar-refractivity contribution is 0.0367. The van der Waals surface area contributed by atoms with Crippen molar-refractivity contribution in [2.45, 2.75) is 123 Å². The van der Waals surface area contributed by atoms with Gasteiger partial charge in [-0.15, -0.1) is 0 Å². The Balaban J connectivity index is 0.000000156. The molecular weight excluding hydrogens is 328 g/mol. The molecule has 2 saturated carbocycles. The van der Waals surface area contributed by atoms with Crippen LogP contribution in [0.3, 0.4) is 0 Å². The van der Waals surface area contributed by atoms with Crippen LogP contribution in [0, 0.1) is 10.8 Å². The van der Waals surface area contributed by atoms with Crippen LogP contribution in [-0.4, -0.2) is 48.1 Å². The summed E-state index contributed by atoms with van der Waals surface area (Å²) in [6.45, 7) is 14.9. The van der Waals surface area contributed by atoms with Gasteiger partial charge in [-0.2, -0.15) is 0 Å². The molecular formula is C25H48N2. The van der Waals surface area contributed by atoms with Crippen molar-refractivity contribution in [2.75, 3.05) is 26.2 Å². The fraction of sp³-hybridized carbons (Fsp3) is 1.00. The molecule has 2 aliphatic heterocycles. The quantitative estimate of drug-likeness (QED) is 0.543. The molecule has 2 nitrogen and oxygen atoms in total. The zero-order valence-corrected chi connectivity index (χ0v) is 19.1. The SMILES string of the molecule is CC(C)N1CCCC2(CCCC2)C1.CC(C)N1CCCC2(CCCCC2)C1. The third kappa shape index (κ3) is 5.72. The van der Waals surface area contributed by atoms with Crippen LogP contribution in [0.15, 0.2) is 0 Å². The first-order chi connectivity index (χ1) is 12.9. The molecule has 4 rings (SSSR count). The van der Waals surface area contributed by atoms with Crippen LogP contribution in [-0.2, 0) is 0 Å². The first-order valence-corrected chi connectivity index (χ1v) is 12.4. The maximum atomic E-state index is 2.70. The molecule has 4 fully saturated rings. The number of hydrogen-bond donors (Lipinski definition) is 0. The molecule has 158 valence electrons. The molecule has 2 aliphatic carbocycles. The Hall–Kier alpha value is -0.0800. The Kier molecular flexibility index (Phi) is 7.70. The topological polar surface area (TPSA) is 6.48 Å². The van der Waals surface area contributed by atoms with E-state index in [-0.39, 0.29) is 0 Å². The van der Waals surface area contributed by atoms with E-state index in [9.17, 15) is 0 Å². The lowest BCUT2D eigenvalue weighted by atomic mass is 9.69. The van der Waals surface area contributed by atoms with E-state index in [1.54, 1.807) is 0 Å². The summed E-state index contributed by atoms with van der Waals surface area (Å²) in [5.41, 5.74) is 1.49. The summed E-state index contributed by atoms with van der Waals surface area (Å²) in [5.74, 6) is 0. The minimum Gasteiger partial charge on any atom is -0.300 e. The Labute approximate surface area is 170 Å². The molecule has 2 heterocycles. The third-order valence-corrected chi connectivity index (χ3v) is 8.42. The van der Waals surface area contributed by atoms with Gasteiger partial charge in [0, 0.05) is 25.2 Å². The van der Waals surface area contributed by atoms with Crippen LogP contribution in [0.4, 0.5) is 0 Å². The summed E-state index contributed by atoms with van der Waals surface area (Å²) in [4.78, 5) is 5.39. The predicted molar refractivity (Wildman–Crippen MR) is 118 cm³/mol. The molecule has 2 saturated heterocycles. The van der Waals surface area contributed by atoms with E-state index in [0.717, 1.165) is 22.9 Å². The second kappa shape index (κ2) is 9.61. The van der Waals surface area contributed by atoms with Crippen LogP contribution < -0.4 is 0 Å². The maximum absolute atomic E-state index is 2.70. The highest BCUT2D eigenvalue weighted by atomic mass is 15.2. The summed E-state index contributed by atoms with van der Waals surface area (Å²) in [6, 6.07) is 1.52. The number of nitrogens with zero attached hydrogens (tertiary/aromatic N) is 2. The van der Waals surface area contributed by atoms with Crippen LogP contribution in [0.25, 0.3) is 0 Å². The second-order valence-electron chi connectivity index (χ2n) is 11.1. The van der Waals surface area contributed by atoms with Crippen molar-refractivity contribution in [1.29, 1.82) is 0 Å². The number of rotatable bonds is 2. The van der Waals surface area contributed by atoms with E-state index >= 15 is 0 Å². The van der Waals surface area contributed by atoms with E-state index in [2.05, 4.69) is 37.5 Å². The van der Waals surface area contributed by atoms with Crippen LogP contribution in [0.2, 0.25) is 0 Å². The van der Waals surface area contributed by atoms with E-state index in [4.69, 9.17) is 0 Å². The first kappa shape index (κ1) is 21.6. The minimum atomic E-state index is 0.737. The van der Waals surface area contributed by atoms with Gasteiger partial charge in [-0.1, -0.05) is 32.1 Å². The zero-order chi connectivity index (χ0) is 19.3. The van der Waals surface area contributed by atoms with Gasteiger partial charge in [0.05, 0.1) is 0 Å². The molecule has 0 N–H and O–H groups in total. The maximum Gasteiger partial charge on any atom is 0.00407 e. The smallest absolute Gasteiger partial charge is 0.00407 e. The Morgan fingerprint density at radius 1 is 0.481 bits per heavy atom. The van der Waals surface area contributed by atoms with Gasteiger partial charge in [0.25, 0.3) is 0 Å². The molecule has 0 aromatic rings. The van der Waals surface area contributed by atoms with Crippen molar-refractivity contribution in [2.24, 2.45) is 10.8 Å². The van der Waals surface area contributed by atoms with Gasteiger partial charge in [-0.05, 0) is 103 Å². The monoisotopic (exact) mass is 376 g/mol. The molecule has 4 aliphatic rings. The van der Waals surface area contributed by atoms with E-state index in [1.807, 2.05) is 0 Å². The van der Waals surface area contributed by atoms with Gasteiger partial charge in [0.1, 0.15) is 0 Å². The van der Waals surface area contributed by atoms with E-state index < -0.39 is 0 Å². The second-order valence-corrected chi connectivity index (χ2v) is 11.1. The molecule has 2 heteroatoms. The van der Waals surface area contributed by atoms with Gasteiger partial charge in [-0.3, -0.25) is 0 Å². The lowest BCUT2D eigenvalue weighted by Gasteiger charge is -2.46. The average Bonchev–Trinajstić information content (AvgIpc) is 3.10. The van der Waals surface area contributed by atoms with Crippen molar-refractivity contribution in [1.82, 2.24) is 9.80 Å². The fourth-order valence-corrected chi connectivity index (χ4v) is 6.62. The van der Waals surface area contributed by atoms with Crippen molar-refractivity contribution < 1.29 is 0 Å². The molecule has 0 amide bonds. The predicted octanol–water partition coefficient (Wildman–Crippen LogP) is 6.49. The van der Waals surface area contributed by atoms with Crippen LogP contribution in [0.1, 0.15) is 111 Å². The molecule has 0 aromatic heterocycles. The van der Waals surface area contributed by atoms with Crippen molar-refractivity contribution in [3.8, 4) is 0 Å². The highest BCUT2D eigenvalue weighted by Gasteiger charge is 2.38. The van der Waals surface area contributed by atoms with E-state index in [1.165, 1.54) is 110 Å². The molecule has 0 aromatic carbocycles. The molecule has 2 spiro atoms. The Bertz CT molecular complexity index is 424. The third-order valence-electron chi connectivity index (χ3n) is 8.42. The van der Waals surface area contributed by atoms with Gasteiger partial charge in [0.2, 0.25) is 0 Å². The fourth-order valence-electron chi connectivity index (χ4n) is 6.62. The largest absolute Gasteiger partial charge is 0.300 e. The van der Waals surface area contributed by atoms with Gasteiger partial charge in [-0.25, -0.2) is 0 Å². The number of piperidine rings is 2. The molecule has 0 atom stereocenters. The molecule has 27 heavy (non-hydrogen) atoms. The van der Waals surface area contributed by atoms with Crippen LogP contribution in [0.5, 0.6) is 0 Å². The summed E-state index contributed by atoms with van der Waals surface area (Å²) in [5, 5.41) is 0. The van der Waals surface area contributed by atoms with Crippen molar-refractivity contribution in [3.05, 3.63) is 0 Å². The van der Waals surface area contributed by atoms with Gasteiger partial charge < -0.3 is 9.80 Å². The highest BCUT2D eigenvalue weighted by Crippen LogP contribution is 2.45. The number of hydrogen-bond acceptors (Lipinski definition) is 2. The van der Waals surface area contributed by atoms with Crippen molar-refractivity contribution in [3.63, 3.8) is 0 Å². The average molecular weight is 377 g/mol. The van der Waals surface area contributed by atoms with Gasteiger partial charge in [0.15, 0.2) is 0 Å². The number of likely N-dealkylation sites (tertiary alicyclic amines) is 2. The van der Waals surface area contributed by atoms with Crippen LogP contribution >= 0.6 is 0 Å². The minimum absolute atomic E-state index is 0.737. The molecule has 0 bridgehead atoms. The Morgan fingerprint density at radius 3 is 1.19 bits per heavy atom. The summed E-state index contributed by atoms with van der Waals surface area (Å²) >= 11 is 0. The zero-order valence-electron chi connectivity index (χ0n) is 19.1.